The average Bonchev–Trinajstić information content (AvgIpc) is 2.32. The normalized spacial score (nSPS) is 13.7. The standard InChI is InChI=1S/C13H10N2O4/c1-6-3-4-8-10(17)5-9(12(18)11(8)14-6)13(19)15-7(2)16/h3-5H,1-2H3,(H,15,16,19). The molecule has 0 aliphatic heterocycles. The Morgan fingerprint density at radius 1 is 1.21 bits per heavy atom. The molecule has 1 aliphatic carbocycles. The average molecular weight is 258 g/mol. The molecule has 19 heavy (non-hydrogen) atoms. The predicted molar refractivity (Wildman–Crippen MR) is 64.5 cm³/mol. The smallest absolute Gasteiger partial charge is 0.262 e. The van der Waals surface area contributed by atoms with E-state index in [1.54, 1.807) is 13.0 Å². The molecule has 0 saturated heterocycles. The Balaban J connectivity index is 2.46. The maximum Gasteiger partial charge on any atom is 0.262 e. The number of carbonyl (C=O) groups excluding carboxylic acids is 4. The molecular weight excluding hydrogens is 248 g/mol. The first-order valence-corrected chi connectivity index (χ1v) is 5.50. The van der Waals surface area contributed by atoms with Crippen LogP contribution in [-0.4, -0.2) is 28.4 Å². The van der Waals surface area contributed by atoms with Crippen molar-refractivity contribution in [3.8, 4) is 0 Å². The molecule has 96 valence electrons. The molecule has 1 N–H and O–H groups in total. The van der Waals surface area contributed by atoms with Gasteiger partial charge in [0.05, 0.1) is 11.1 Å². The Bertz CT molecular complexity index is 659. The van der Waals surface area contributed by atoms with Crippen LogP contribution >= 0.6 is 0 Å². The van der Waals surface area contributed by atoms with Crippen molar-refractivity contribution in [3.05, 3.63) is 40.7 Å². The number of carbonyl (C=O) groups is 4. The zero-order valence-electron chi connectivity index (χ0n) is 10.3. The minimum atomic E-state index is -0.889. The maximum absolute atomic E-state index is 12.1. The van der Waals surface area contributed by atoms with Crippen molar-refractivity contribution in [1.29, 1.82) is 0 Å². The number of fused-ring (bicyclic) bond motifs is 1. The molecule has 0 fully saturated rings. The van der Waals surface area contributed by atoms with E-state index in [-0.39, 0.29) is 16.8 Å². The molecule has 1 aromatic rings. The number of allylic oxidation sites excluding steroid dienone is 1. The molecule has 6 heteroatoms. The summed E-state index contributed by atoms with van der Waals surface area (Å²) < 4.78 is 0. The Labute approximate surface area is 108 Å². The van der Waals surface area contributed by atoms with Gasteiger partial charge in [-0.2, -0.15) is 0 Å². The van der Waals surface area contributed by atoms with Gasteiger partial charge in [-0.1, -0.05) is 0 Å². The predicted octanol–water partition coefficient (Wildman–Crippen LogP) is 0.358. The van der Waals surface area contributed by atoms with Crippen LogP contribution in [0, 0.1) is 6.92 Å². The highest BCUT2D eigenvalue weighted by Crippen LogP contribution is 2.20. The van der Waals surface area contributed by atoms with E-state index in [1.165, 1.54) is 6.07 Å². The topological polar surface area (TPSA) is 93.2 Å². The largest absolute Gasteiger partial charge is 0.292 e. The lowest BCUT2D eigenvalue weighted by atomic mass is 9.93. The van der Waals surface area contributed by atoms with Crippen LogP contribution in [0.15, 0.2) is 23.8 Å². The molecule has 0 saturated carbocycles. The second-order valence-corrected chi connectivity index (χ2v) is 4.11. The summed E-state index contributed by atoms with van der Waals surface area (Å²) in [6.07, 6.45) is 0.931. The highest BCUT2D eigenvalue weighted by Gasteiger charge is 2.31. The lowest BCUT2D eigenvalue weighted by Gasteiger charge is -2.13. The second kappa shape index (κ2) is 4.56. The first-order chi connectivity index (χ1) is 8.90. The molecule has 1 aliphatic rings. The van der Waals surface area contributed by atoms with Gasteiger partial charge in [0.25, 0.3) is 5.91 Å². The van der Waals surface area contributed by atoms with Gasteiger partial charge in [0.15, 0.2) is 5.78 Å². The van der Waals surface area contributed by atoms with E-state index in [4.69, 9.17) is 0 Å². The molecular formula is C13H10N2O4. The SMILES string of the molecule is CC(=O)NC(=O)C1=CC(=O)c2ccc(C)nc2C1=O. The fraction of sp³-hybridized carbons (Fsp3) is 0.154. The Hall–Kier alpha value is -2.63. The molecule has 0 radical (unpaired) electrons. The lowest BCUT2D eigenvalue weighted by Crippen LogP contribution is -2.34. The lowest BCUT2D eigenvalue weighted by molar-refractivity contribution is -0.126. The van der Waals surface area contributed by atoms with Crippen molar-refractivity contribution < 1.29 is 19.2 Å². The van der Waals surface area contributed by atoms with Crippen LogP contribution in [0.2, 0.25) is 0 Å². The van der Waals surface area contributed by atoms with Crippen LogP contribution in [0.25, 0.3) is 0 Å². The van der Waals surface area contributed by atoms with E-state index in [9.17, 15) is 19.2 Å². The molecule has 2 amide bonds. The van der Waals surface area contributed by atoms with E-state index >= 15 is 0 Å². The quantitative estimate of drug-likeness (QED) is 0.734. The van der Waals surface area contributed by atoms with E-state index in [1.807, 2.05) is 5.32 Å². The highest BCUT2D eigenvalue weighted by molar-refractivity contribution is 6.34. The maximum atomic E-state index is 12.1. The molecule has 1 heterocycles. The number of hydrogen-bond donors (Lipinski definition) is 1. The van der Waals surface area contributed by atoms with Crippen LogP contribution in [0.5, 0.6) is 0 Å². The third-order valence-electron chi connectivity index (χ3n) is 2.57. The Morgan fingerprint density at radius 2 is 1.89 bits per heavy atom. The van der Waals surface area contributed by atoms with Crippen LogP contribution in [0.3, 0.4) is 0 Å². The first-order valence-electron chi connectivity index (χ1n) is 5.50. The fourth-order valence-electron chi connectivity index (χ4n) is 1.73. The van der Waals surface area contributed by atoms with Crippen molar-refractivity contribution in [1.82, 2.24) is 10.3 Å². The van der Waals surface area contributed by atoms with E-state index in [0.29, 0.717) is 5.69 Å². The molecule has 0 spiro atoms. The number of amides is 2. The monoisotopic (exact) mass is 258 g/mol. The van der Waals surface area contributed by atoms with E-state index in [0.717, 1.165) is 13.0 Å². The van der Waals surface area contributed by atoms with Crippen molar-refractivity contribution in [2.75, 3.05) is 0 Å². The third-order valence-corrected chi connectivity index (χ3v) is 2.57. The highest BCUT2D eigenvalue weighted by atomic mass is 16.2. The van der Waals surface area contributed by atoms with Gasteiger partial charge >= 0.3 is 0 Å². The summed E-state index contributed by atoms with van der Waals surface area (Å²) in [5, 5.41) is 1.96. The summed E-state index contributed by atoms with van der Waals surface area (Å²) in [5.41, 5.74) is 0.301. The Kier molecular flexibility index (Phi) is 3.08. The molecule has 2 rings (SSSR count). The summed E-state index contributed by atoms with van der Waals surface area (Å²) >= 11 is 0. The number of pyridine rings is 1. The summed E-state index contributed by atoms with van der Waals surface area (Å²) in [5.74, 6) is -2.62. The minimum Gasteiger partial charge on any atom is -0.292 e. The number of ketones is 2. The van der Waals surface area contributed by atoms with Gasteiger partial charge in [0, 0.05) is 18.7 Å². The number of nitrogens with zero attached hydrogens (tertiary/aromatic N) is 1. The Morgan fingerprint density at radius 3 is 2.53 bits per heavy atom. The van der Waals surface area contributed by atoms with Crippen molar-refractivity contribution in [3.63, 3.8) is 0 Å². The van der Waals surface area contributed by atoms with Gasteiger partial charge < -0.3 is 0 Å². The number of aromatic nitrogens is 1. The summed E-state index contributed by atoms with van der Waals surface area (Å²) in [4.78, 5) is 50.3. The third kappa shape index (κ3) is 2.33. The van der Waals surface area contributed by atoms with E-state index in [2.05, 4.69) is 4.98 Å². The van der Waals surface area contributed by atoms with Crippen LogP contribution in [-0.2, 0) is 9.59 Å². The molecule has 0 unspecified atom stereocenters. The van der Waals surface area contributed by atoms with Crippen molar-refractivity contribution in [2.24, 2.45) is 0 Å². The van der Waals surface area contributed by atoms with Gasteiger partial charge in [-0.25, -0.2) is 4.98 Å². The minimum absolute atomic E-state index is 0.0544. The van der Waals surface area contributed by atoms with Gasteiger partial charge in [0.1, 0.15) is 5.69 Å². The fourth-order valence-corrected chi connectivity index (χ4v) is 1.73. The van der Waals surface area contributed by atoms with Gasteiger partial charge in [-0.05, 0) is 19.1 Å². The molecule has 1 aromatic heterocycles. The molecule has 6 nitrogen and oxygen atoms in total. The summed E-state index contributed by atoms with van der Waals surface area (Å²) in [6.45, 7) is 2.82. The molecule has 0 atom stereocenters. The summed E-state index contributed by atoms with van der Waals surface area (Å²) in [6, 6.07) is 3.10. The molecule has 0 aromatic carbocycles. The summed E-state index contributed by atoms with van der Waals surface area (Å²) in [7, 11) is 0. The number of Topliss-reactive ketones (excluding diaryl/α,β-unsaturated/α-hetero) is 1. The first kappa shape index (κ1) is 12.8. The van der Waals surface area contributed by atoms with E-state index < -0.39 is 23.4 Å². The van der Waals surface area contributed by atoms with Crippen molar-refractivity contribution >= 4 is 23.4 Å². The van der Waals surface area contributed by atoms with Crippen LogP contribution in [0.4, 0.5) is 0 Å². The van der Waals surface area contributed by atoms with Crippen molar-refractivity contribution in [2.45, 2.75) is 13.8 Å². The molecule has 0 bridgehead atoms. The van der Waals surface area contributed by atoms with Crippen LogP contribution < -0.4 is 5.32 Å². The number of hydrogen-bond acceptors (Lipinski definition) is 5. The van der Waals surface area contributed by atoms with Gasteiger partial charge in [0.2, 0.25) is 11.7 Å². The zero-order valence-corrected chi connectivity index (χ0v) is 10.3. The zero-order chi connectivity index (χ0) is 14.2. The van der Waals surface area contributed by atoms with Gasteiger partial charge in [-0.3, -0.25) is 24.5 Å². The number of nitrogens with one attached hydrogen (secondary N) is 1. The number of imide groups is 1. The number of aryl methyl sites for hydroxylation is 1. The van der Waals surface area contributed by atoms with Crippen LogP contribution in [0.1, 0.15) is 33.5 Å². The number of rotatable bonds is 1. The second-order valence-electron chi connectivity index (χ2n) is 4.11. The van der Waals surface area contributed by atoms with Gasteiger partial charge in [-0.15, -0.1) is 0 Å².